The molecule has 0 aliphatic heterocycles. The maximum absolute atomic E-state index is 5.86. The first kappa shape index (κ1) is 10.9. The zero-order valence-corrected chi connectivity index (χ0v) is 9.29. The first-order chi connectivity index (χ1) is 6.27. The van der Waals surface area contributed by atoms with Crippen LogP contribution in [-0.4, -0.2) is 5.75 Å². The Morgan fingerprint density at radius 2 is 2.23 bits per heavy atom. The van der Waals surface area contributed by atoms with Gasteiger partial charge in [0.2, 0.25) is 0 Å². The molecule has 0 saturated carbocycles. The van der Waals surface area contributed by atoms with Gasteiger partial charge < -0.3 is 5.73 Å². The molecule has 1 aromatic carbocycles. The predicted molar refractivity (Wildman–Crippen MR) is 60.4 cm³/mol. The normalized spacial score (nSPS) is 10.4. The van der Waals surface area contributed by atoms with Crippen LogP contribution in [0.5, 0.6) is 0 Å². The molecule has 0 radical (unpaired) electrons. The number of hydrogen-bond acceptors (Lipinski definition) is 2. The lowest BCUT2D eigenvalue weighted by molar-refractivity contribution is 1.02. The van der Waals surface area contributed by atoms with Gasteiger partial charge in [0.1, 0.15) is 0 Å². The third kappa shape index (κ3) is 3.22. The number of hydrogen-bond donors (Lipinski definition) is 1. The molecule has 72 valence electrons. The van der Waals surface area contributed by atoms with Crippen LogP contribution < -0.4 is 5.73 Å². The molecular weight excluding hydrogens is 202 g/mol. The molecule has 0 saturated heterocycles. The Hall–Kier alpha value is -0.180. The highest BCUT2D eigenvalue weighted by Crippen LogP contribution is 2.25. The quantitative estimate of drug-likeness (QED) is 0.780. The largest absolute Gasteiger partial charge is 0.326 e. The minimum absolute atomic E-state index is 0.562. The van der Waals surface area contributed by atoms with Gasteiger partial charge >= 0.3 is 0 Å². The average molecular weight is 216 g/mol. The SMILES string of the molecule is CCCSc1ccc(Cl)cc1CN. The van der Waals surface area contributed by atoms with Crippen molar-refractivity contribution in [1.82, 2.24) is 0 Å². The summed E-state index contributed by atoms with van der Waals surface area (Å²) in [6, 6.07) is 5.91. The summed E-state index contributed by atoms with van der Waals surface area (Å²) >= 11 is 7.71. The zero-order valence-electron chi connectivity index (χ0n) is 7.72. The van der Waals surface area contributed by atoms with E-state index in [4.69, 9.17) is 17.3 Å². The number of halogens is 1. The van der Waals surface area contributed by atoms with E-state index in [0.29, 0.717) is 6.54 Å². The summed E-state index contributed by atoms with van der Waals surface area (Å²) in [7, 11) is 0. The Kier molecular flexibility index (Phi) is 4.64. The Morgan fingerprint density at radius 3 is 2.85 bits per heavy atom. The van der Waals surface area contributed by atoms with Gasteiger partial charge in [-0.25, -0.2) is 0 Å². The average Bonchev–Trinajstić information content (AvgIpc) is 2.16. The van der Waals surface area contributed by atoms with Crippen LogP contribution in [-0.2, 0) is 6.54 Å². The molecule has 0 unspecified atom stereocenters. The first-order valence-corrected chi connectivity index (χ1v) is 5.75. The fraction of sp³-hybridized carbons (Fsp3) is 0.400. The minimum Gasteiger partial charge on any atom is -0.326 e. The van der Waals surface area contributed by atoms with E-state index in [2.05, 4.69) is 6.92 Å². The van der Waals surface area contributed by atoms with E-state index in [1.807, 2.05) is 30.0 Å². The first-order valence-electron chi connectivity index (χ1n) is 4.39. The molecule has 0 aromatic heterocycles. The number of nitrogens with two attached hydrogens (primary N) is 1. The summed E-state index contributed by atoms with van der Waals surface area (Å²) in [6.07, 6.45) is 1.18. The maximum Gasteiger partial charge on any atom is 0.0410 e. The molecule has 1 rings (SSSR count). The summed E-state index contributed by atoms with van der Waals surface area (Å²) in [4.78, 5) is 1.26. The van der Waals surface area contributed by atoms with Gasteiger partial charge in [0.15, 0.2) is 0 Å². The van der Waals surface area contributed by atoms with Gasteiger partial charge in [-0.2, -0.15) is 0 Å². The van der Waals surface area contributed by atoms with Gasteiger partial charge in [0.25, 0.3) is 0 Å². The van der Waals surface area contributed by atoms with Crippen molar-refractivity contribution in [3.05, 3.63) is 28.8 Å². The molecule has 1 nitrogen and oxygen atoms in total. The van der Waals surface area contributed by atoms with E-state index >= 15 is 0 Å². The zero-order chi connectivity index (χ0) is 9.68. The van der Waals surface area contributed by atoms with E-state index in [9.17, 15) is 0 Å². The van der Waals surface area contributed by atoms with E-state index in [-0.39, 0.29) is 0 Å². The topological polar surface area (TPSA) is 26.0 Å². The Bertz CT molecular complexity index is 276. The van der Waals surface area contributed by atoms with Crippen LogP contribution >= 0.6 is 23.4 Å². The van der Waals surface area contributed by atoms with E-state index in [1.165, 1.54) is 11.3 Å². The summed E-state index contributed by atoms with van der Waals surface area (Å²) in [5.41, 5.74) is 6.76. The fourth-order valence-electron chi connectivity index (χ4n) is 1.06. The highest BCUT2D eigenvalue weighted by atomic mass is 35.5. The number of benzene rings is 1. The molecule has 13 heavy (non-hydrogen) atoms. The molecule has 0 heterocycles. The van der Waals surface area contributed by atoms with Gasteiger partial charge in [-0.1, -0.05) is 18.5 Å². The predicted octanol–water partition coefficient (Wildman–Crippen LogP) is 3.30. The molecule has 0 fully saturated rings. The van der Waals surface area contributed by atoms with Crippen molar-refractivity contribution in [1.29, 1.82) is 0 Å². The van der Waals surface area contributed by atoms with Crippen molar-refractivity contribution in [3.8, 4) is 0 Å². The molecule has 2 N–H and O–H groups in total. The highest BCUT2D eigenvalue weighted by Gasteiger charge is 2.01. The molecular formula is C10H14ClNS. The van der Waals surface area contributed by atoms with Crippen molar-refractivity contribution >= 4 is 23.4 Å². The van der Waals surface area contributed by atoms with Crippen LogP contribution in [0.2, 0.25) is 5.02 Å². The minimum atomic E-state index is 0.562. The third-order valence-electron chi connectivity index (χ3n) is 1.70. The maximum atomic E-state index is 5.86. The van der Waals surface area contributed by atoms with E-state index < -0.39 is 0 Å². The second-order valence-electron chi connectivity index (χ2n) is 2.80. The standard InChI is InChI=1S/C10H14ClNS/c1-2-5-13-10-4-3-9(11)6-8(10)7-12/h3-4,6H,2,5,7,12H2,1H3. The van der Waals surface area contributed by atoms with Crippen molar-refractivity contribution in [2.45, 2.75) is 24.8 Å². The van der Waals surface area contributed by atoms with E-state index in [0.717, 1.165) is 16.3 Å². The van der Waals surface area contributed by atoms with Crippen LogP contribution in [0.3, 0.4) is 0 Å². The van der Waals surface area contributed by atoms with E-state index in [1.54, 1.807) is 0 Å². The second kappa shape index (κ2) is 5.53. The molecule has 0 atom stereocenters. The van der Waals surface area contributed by atoms with Crippen LogP contribution in [0.1, 0.15) is 18.9 Å². The van der Waals surface area contributed by atoms with Crippen LogP contribution in [0.25, 0.3) is 0 Å². The number of thioether (sulfide) groups is 1. The van der Waals surface area contributed by atoms with Gasteiger partial charge in [-0.15, -0.1) is 11.8 Å². The summed E-state index contributed by atoms with van der Waals surface area (Å²) in [5.74, 6) is 1.13. The molecule has 0 spiro atoms. The van der Waals surface area contributed by atoms with Gasteiger partial charge in [0, 0.05) is 16.5 Å². The van der Waals surface area contributed by atoms with Gasteiger partial charge in [-0.05, 0) is 35.9 Å². The number of rotatable bonds is 4. The van der Waals surface area contributed by atoms with Crippen LogP contribution in [0, 0.1) is 0 Å². The monoisotopic (exact) mass is 215 g/mol. The molecule has 3 heteroatoms. The Morgan fingerprint density at radius 1 is 1.46 bits per heavy atom. The van der Waals surface area contributed by atoms with Gasteiger partial charge in [0.05, 0.1) is 0 Å². The lowest BCUT2D eigenvalue weighted by Crippen LogP contribution is -1.98. The lowest BCUT2D eigenvalue weighted by atomic mass is 10.2. The summed E-state index contributed by atoms with van der Waals surface area (Å²) < 4.78 is 0. The Balaban J connectivity index is 2.79. The fourth-order valence-corrected chi connectivity index (χ4v) is 2.17. The van der Waals surface area contributed by atoms with Gasteiger partial charge in [-0.3, -0.25) is 0 Å². The molecule has 1 aromatic rings. The third-order valence-corrected chi connectivity index (χ3v) is 3.26. The second-order valence-corrected chi connectivity index (χ2v) is 4.38. The van der Waals surface area contributed by atoms with Crippen molar-refractivity contribution in [3.63, 3.8) is 0 Å². The molecule has 0 aliphatic rings. The Labute approximate surface area is 88.7 Å². The van der Waals surface area contributed by atoms with Crippen molar-refractivity contribution in [2.24, 2.45) is 5.73 Å². The molecule has 0 amide bonds. The van der Waals surface area contributed by atoms with Crippen molar-refractivity contribution < 1.29 is 0 Å². The van der Waals surface area contributed by atoms with Crippen molar-refractivity contribution in [2.75, 3.05) is 5.75 Å². The van der Waals surface area contributed by atoms with Crippen LogP contribution in [0.4, 0.5) is 0 Å². The summed E-state index contributed by atoms with van der Waals surface area (Å²) in [5, 5.41) is 0.765. The van der Waals surface area contributed by atoms with Crippen LogP contribution in [0.15, 0.2) is 23.1 Å². The highest BCUT2D eigenvalue weighted by molar-refractivity contribution is 7.99. The smallest absolute Gasteiger partial charge is 0.0410 e. The molecule has 0 aliphatic carbocycles. The summed E-state index contributed by atoms with van der Waals surface area (Å²) in [6.45, 7) is 2.73. The molecule has 0 bridgehead atoms. The lowest BCUT2D eigenvalue weighted by Gasteiger charge is -2.06.